The van der Waals surface area contributed by atoms with Crippen LogP contribution in [0.3, 0.4) is 0 Å². The normalized spacial score (nSPS) is 20.9. The monoisotopic (exact) mass is 530 g/mol. The zero-order valence-corrected chi connectivity index (χ0v) is 21.9. The number of aliphatic carboxylic acids is 1. The first kappa shape index (κ1) is 27.0. The first-order chi connectivity index (χ1) is 17.5. The molecule has 2 aromatic rings. The Balaban J connectivity index is 1.49. The standard InChI is InChI=1S/C28H32ClFN2O5/c1-16-5-7-18(14-19(16)30)31-27(37)23-20-4-3-13-32(20)25(24(23)29)26(36)21(33)15-28(2)11-9-17(10-12-28)6-8-22(34)35/h5,7,14,17H,3-4,6,8-13,15H2,1-2H3,(H,31,37)(H,34,35). The smallest absolute Gasteiger partial charge is 0.303 e. The van der Waals surface area contributed by atoms with Gasteiger partial charge in [-0.1, -0.05) is 24.6 Å². The number of halogens is 2. The van der Waals surface area contributed by atoms with E-state index in [1.807, 2.05) is 6.92 Å². The maximum atomic E-state index is 14.0. The number of anilines is 1. The average Bonchev–Trinajstić information content (AvgIpc) is 3.40. The van der Waals surface area contributed by atoms with Gasteiger partial charge in [-0.25, -0.2) is 4.39 Å². The van der Waals surface area contributed by atoms with Gasteiger partial charge in [-0.3, -0.25) is 19.2 Å². The Labute approximate surface area is 220 Å². The molecule has 0 bridgehead atoms. The van der Waals surface area contributed by atoms with Crippen LogP contribution >= 0.6 is 11.6 Å². The summed E-state index contributed by atoms with van der Waals surface area (Å²) in [6, 6.07) is 4.38. The number of hydrogen-bond donors (Lipinski definition) is 2. The quantitative estimate of drug-likeness (QED) is 0.306. The Kier molecular flexibility index (Phi) is 7.88. The molecule has 7 nitrogen and oxygen atoms in total. The van der Waals surface area contributed by atoms with Crippen LogP contribution in [0.2, 0.25) is 5.02 Å². The van der Waals surface area contributed by atoms with Crippen molar-refractivity contribution >= 4 is 40.7 Å². The zero-order chi connectivity index (χ0) is 26.9. The highest BCUT2D eigenvalue weighted by molar-refractivity contribution is 6.48. The molecule has 4 rings (SSSR count). The topological polar surface area (TPSA) is 105 Å². The van der Waals surface area contributed by atoms with Crippen LogP contribution in [0.5, 0.6) is 0 Å². The molecule has 1 aromatic heterocycles. The first-order valence-corrected chi connectivity index (χ1v) is 13.1. The Hall–Kier alpha value is -3.00. The van der Waals surface area contributed by atoms with Crippen LogP contribution in [-0.4, -0.2) is 33.1 Å². The summed E-state index contributed by atoms with van der Waals surface area (Å²) < 4.78 is 15.6. The van der Waals surface area contributed by atoms with Crippen LogP contribution in [0.15, 0.2) is 18.2 Å². The molecular formula is C28H32ClFN2O5. The molecule has 1 aliphatic carbocycles. The van der Waals surface area contributed by atoms with Crippen LogP contribution in [0.1, 0.15) is 90.4 Å². The number of carbonyl (C=O) groups excluding carboxylic acids is 3. The van der Waals surface area contributed by atoms with E-state index in [9.17, 15) is 23.6 Å². The third kappa shape index (κ3) is 5.79. The van der Waals surface area contributed by atoms with Gasteiger partial charge >= 0.3 is 5.97 Å². The van der Waals surface area contributed by atoms with Crippen molar-refractivity contribution in [3.8, 4) is 0 Å². The van der Waals surface area contributed by atoms with E-state index in [0.717, 1.165) is 32.1 Å². The molecule has 0 spiro atoms. The van der Waals surface area contributed by atoms with E-state index < -0.39 is 29.3 Å². The van der Waals surface area contributed by atoms with Gasteiger partial charge < -0.3 is 15.0 Å². The van der Waals surface area contributed by atoms with Gasteiger partial charge in [0.1, 0.15) is 11.5 Å². The van der Waals surface area contributed by atoms with E-state index in [1.165, 1.54) is 6.07 Å². The number of carboxylic acids is 1. The Morgan fingerprint density at radius 1 is 1.22 bits per heavy atom. The lowest BCUT2D eigenvalue weighted by molar-refractivity contribution is -0.137. The molecule has 0 saturated heterocycles. The van der Waals surface area contributed by atoms with Crippen molar-refractivity contribution in [3.63, 3.8) is 0 Å². The minimum absolute atomic E-state index is 0.0411. The number of ketones is 2. The number of carbonyl (C=O) groups is 4. The number of nitrogens with one attached hydrogen (secondary N) is 1. The number of aromatic nitrogens is 1. The average molecular weight is 531 g/mol. The lowest BCUT2D eigenvalue weighted by Crippen LogP contribution is -2.31. The molecule has 0 radical (unpaired) electrons. The second-order valence-electron chi connectivity index (χ2n) is 10.8. The summed E-state index contributed by atoms with van der Waals surface area (Å²) in [6.07, 6.45) is 5.27. The molecule has 1 aromatic carbocycles. The number of rotatable bonds is 9. The molecule has 198 valence electrons. The van der Waals surface area contributed by atoms with Gasteiger partial charge in [-0.05, 0) is 80.9 Å². The number of hydrogen-bond acceptors (Lipinski definition) is 4. The highest BCUT2D eigenvalue weighted by Crippen LogP contribution is 2.43. The molecule has 0 unspecified atom stereocenters. The zero-order valence-electron chi connectivity index (χ0n) is 21.2. The van der Waals surface area contributed by atoms with Crippen LogP contribution in [-0.2, 0) is 22.6 Å². The lowest BCUT2D eigenvalue weighted by atomic mass is 9.68. The predicted octanol–water partition coefficient (Wildman–Crippen LogP) is 5.99. The van der Waals surface area contributed by atoms with Gasteiger partial charge in [0, 0.05) is 30.8 Å². The van der Waals surface area contributed by atoms with Crippen molar-refractivity contribution in [1.29, 1.82) is 0 Å². The molecule has 1 amide bonds. The van der Waals surface area contributed by atoms with Crippen LogP contribution in [0.25, 0.3) is 0 Å². The van der Waals surface area contributed by atoms with Gasteiger partial charge in [0.15, 0.2) is 0 Å². The molecule has 1 saturated carbocycles. The molecule has 9 heteroatoms. The van der Waals surface area contributed by atoms with Crippen LogP contribution in [0.4, 0.5) is 10.1 Å². The molecule has 2 N–H and O–H groups in total. The summed E-state index contributed by atoms with van der Waals surface area (Å²) in [6.45, 7) is 4.10. The lowest BCUT2D eigenvalue weighted by Gasteiger charge is -2.36. The summed E-state index contributed by atoms with van der Waals surface area (Å²) in [7, 11) is 0. The second-order valence-corrected chi connectivity index (χ2v) is 11.2. The van der Waals surface area contributed by atoms with Crippen molar-refractivity contribution in [3.05, 3.63) is 51.6 Å². The van der Waals surface area contributed by atoms with E-state index >= 15 is 0 Å². The van der Waals surface area contributed by atoms with Crippen molar-refractivity contribution in [2.24, 2.45) is 11.3 Å². The highest BCUT2D eigenvalue weighted by Gasteiger charge is 2.38. The Morgan fingerprint density at radius 3 is 2.57 bits per heavy atom. The maximum Gasteiger partial charge on any atom is 0.303 e. The summed E-state index contributed by atoms with van der Waals surface area (Å²) in [5.74, 6) is -2.70. The summed E-state index contributed by atoms with van der Waals surface area (Å²) in [5, 5.41) is 11.5. The number of Topliss-reactive ketones (excluding diaryl/α,β-unsaturated/α-hetero) is 2. The molecule has 0 atom stereocenters. The Bertz CT molecular complexity index is 1260. The minimum atomic E-state index is -0.801. The van der Waals surface area contributed by atoms with Crippen molar-refractivity contribution < 1.29 is 28.7 Å². The van der Waals surface area contributed by atoms with E-state index in [0.29, 0.717) is 36.6 Å². The Morgan fingerprint density at radius 2 is 1.92 bits per heavy atom. The van der Waals surface area contributed by atoms with Gasteiger partial charge in [-0.15, -0.1) is 0 Å². The molecule has 37 heavy (non-hydrogen) atoms. The number of carboxylic acid groups (broad SMARTS) is 1. The van der Waals surface area contributed by atoms with Gasteiger partial charge in [0.25, 0.3) is 5.91 Å². The maximum absolute atomic E-state index is 14.0. The molecular weight excluding hydrogens is 499 g/mol. The van der Waals surface area contributed by atoms with Crippen molar-refractivity contribution in [2.75, 3.05) is 5.32 Å². The van der Waals surface area contributed by atoms with Crippen molar-refractivity contribution in [1.82, 2.24) is 4.57 Å². The fourth-order valence-corrected chi connectivity index (χ4v) is 6.01. The number of nitrogens with zero attached hydrogens (tertiary/aromatic N) is 1. The molecule has 2 aliphatic rings. The van der Waals surface area contributed by atoms with Gasteiger partial charge in [0.2, 0.25) is 11.6 Å². The summed E-state index contributed by atoms with van der Waals surface area (Å²) in [5.41, 5.74) is 1.21. The van der Waals surface area contributed by atoms with Crippen LogP contribution in [0, 0.1) is 24.1 Å². The fraction of sp³-hybridized carbons (Fsp3) is 0.500. The number of amides is 1. The fourth-order valence-electron chi connectivity index (χ4n) is 5.63. The van der Waals surface area contributed by atoms with Gasteiger partial charge in [0.05, 0.1) is 10.6 Å². The number of aryl methyl sites for hydroxylation is 1. The predicted molar refractivity (Wildman–Crippen MR) is 138 cm³/mol. The SMILES string of the molecule is Cc1ccc(NC(=O)c2c(Cl)c(C(=O)C(=O)CC3(C)CCC(CCC(=O)O)CC3)n3c2CCC3)cc1F. The van der Waals surface area contributed by atoms with E-state index in [2.05, 4.69) is 5.32 Å². The summed E-state index contributed by atoms with van der Waals surface area (Å²) >= 11 is 6.58. The largest absolute Gasteiger partial charge is 0.481 e. The molecule has 1 aliphatic heterocycles. The van der Waals surface area contributed by atoms with E-state index in [1.54, 1.807) is 23.6 Å². The minimum Gasteiger partial charge on any atom is -0.481 e. The third-order valence-electron chi connectivity index (χ3n) is 7.90. The second kappa shape index (κ2) is 10.8. The third-order valence-corrected chi connectivity index (χ3v) is 8.27. The van der Waals surface area contributed by atoms with E-state index in [-0.39, 0.29) is 40.2 Å². The highest BCUT2D eigenvalue weighted by atomic mass is 35.5. The molecule has 1 fully saturated rings. The number of benzene rings is 1. The summed E-state index contributed by atoms with van der Waals surface area (Å²) in [4.78, 5) is 50.5. The van der Waals surface area contributed by atoms with Gasteiger partial charge in [-0.2, -0.15) is 0 Å². The van der Waals surface area contributed by atoms with E-state index in [4.69, 9.17) is 16.7 Å². The number of fused-ring (bicyclic) bond motifs is 1. The van der Waals surface area contributed by atoms with Crippen LogP contribution < -0.4 is 5.32 Å². The first-order valence-electron chi connectivity index (χ1n) is 12.8. The van der Waals surface area contributed by atoms with Crippen molar-refractivity contribution in [2.45, 2.75) is 78.2 Å². The molecule has 2 heterocycles.